The minimum Gasteiger partial charge on any atom is -0.305 e. The molecule has 1 heterocycles. The molecular weight excluding hydrogens is 368 g/mol. The molecule has 0 fully saturated rings. The first-order chi connectivity index (χ1) is 12.5. The zero-order valence-electron chi connectivity index (χ0n) is 14.0. The van der Waals surface area contributed by atoms with Gasteiger partial charge in [0.05, 0.1) is 27.4 Å². The predicted molar refractivity (Wildman–Crippen MR) is 103 cm³/mol. The molecule has 26 heavy (non-hydrogen) atoms. The minimum atomic E-state index is -3.39. The summed E-state index contributed by atoms with van der Waals surface area (Å²) >= 11 is 1.36. The molecule has 0 unspecified atom stereocenters. The second-order valence-corrected chi connectivity index (χ2v) is 8.78. The first-order valence-electron chi connectivity index (χ1n) is 7.90. The molecule has 0 atom stereocenters. The van der Waals surface area contributed by atoms with E-state index in [1.165, 1.54) is 23.5 Å². The van der Waals surface area contributed by atoms with E-state index in [0.717, 1.165) is 10.2 Å². The number of aromatic nitrogens is 1. The number of fused-ring (bicyclic) bond motifs is 1. The van der Waals surface area contributed by atoms with Crippen molar-refractivity contribution in [2.45, 2.75) is 18.4 Å². The van der Waals surface area contributed by atoms with Gasteiger partial charge in [0.25, 0.3) is 5.91 Å². The normalized spacial score (nSPS) is 12.2. The highest BCUT2D eigenvalue weighted by molar-refractivity contribution is 7.91. The van der Waals surface area contributed by atoms with Gasteiger partial charge in [-0.2, -0.15) is 4.99 Å². The van der Waals surface area contributed by atoms with Gasteiger partial charge in [0.1, 0.15) is 0 Å². The number of carbonyl (C=O) groups is 1. The van der Waals surface area contributed by atoms with Crippen LogP contribution < -0.4 is 4.80 Å². The number of hydrogen-bond acceptors (Lipinski definition) is 4. The summed E-state index contributed by atoms with van der Waals surface area (Å²) in [6, 6.07) is 13.6. The number of thiazole rings is 1. The smallest absolute Gasteiger partial charge is 0.279 e. The number of sulfone groups is 1. The lowest BCUT2D eigenvalue weighted by molar-refractivity contribution is 0.0997. The molecule has 0 saturated heterocycles. The average molecular weight is 384 g/mol. The quantitative estimate of drug-likeness (QED) is 0.650. The summed E-state index contributed by atoms with van der Waals surface area (Å²) in [5.74, 6) is 2.04. The Bertz CT molecular complexity index is 1200. The number of carbonyl (C=O) groups excluding carboxylic acids is 1. The summed E-state index contributed by atoms with van der Waals surface area (Å²) in [6.07, 6.45) is 5.45. The molecule has 1 aromatic heterocycles. The SMILES string of the molecule is C#CCn1c(=NC(=O)c2cccc(S(=O)(=O)CC)c2)sc2ccccc21. The molecule has 3 aromatic rings. The Morgan fingerprint density at radius 1 is 1.23 bits per heavy atom. The maximum atomic E-state index is 12.6. The fraction of sp³-hybridized carbons (Fsp3) is 0.158. The van der Waals surface area contributed by atoms with Crippen molar-refractivity contribution >= 4 is 37.3 Å². The maximum absolute atomic E-state index is 12.6. The lowest BCUT2D eigenvalue weighted by Gasteiger charge is -2.03. The van der Waals surface area contributed by atoms with Crippen molar-refractivity contribution in [3.05, 3.63) is 58.9 Å². The van der Waals surface area contributed by atoms with E-state index >= 15 is 0 Å². The number of terminal acetylenes is 1. The number of hydrogen-bond donors (Lipinski definition) is 0. The average Bonchev–Trinajstić information content (AvgIpc) is 2.99. The third-order valence-corrected chi connectivity index (χ3v) is 6.65. The van der Waals surface area contributed by atoms with Crippen LogP contribution in [0.1, 0.15) is 17.3 Å². The van der Waals surface area contributed by atoms with Crippen molar-refractivity contribution in [2.75, 3.05) is 5.75 Å². The Balaban J connectivity index is 2.10. The Hall–Kier alpha value is -2.69. The van der Waals surface area contributed by atoms with E-state index in [9.17, 15) is 13.2 Å². The largest absolute Gasteiger partial charge is 0.305 e. The fourth-order valence-electron chi connectivity index (χ4n) is 2.49. The standard InChI is InChI=1S/C19H16N2O3S2/c1-3-12-21-16-10-5-6-11-17(16)25-19(21)20-18(22)14-8-7-9-15(13-14)26(23,24)4-2/h1,5-11,13H,4,12H2,2H3. The summed E-state index contributed by atoms with van der Waals surface area (Å²) in [5, 5.41) is 0. The van der Waals surface area contributed by atoms with Gasteiger partial charge < -0.3 is 4.57 Å². The van der Waals surface area contributed by atoms with Crippen LogP contribution in [0.4, 0.5) is 0 Å². The van der Waals surface area contributed by atoms with E-state index < -0.39 is 15.7 Å². The van der Waals surface area contributed by atoms with Crippen molar-refractivity contribution in [2.24, 2.45) is 4.99 Å². The number of benzene rings is 2. The monoisotopic (exact) mass is 384 g/mol. The summed E-state index contributed by atoms with van der Waals surface area (Å²) in [4.78, 5) is 17.4. The second-order valence-electron chi connectivity index (χ2n) is 5.49. The van der Waals surface area contributed by atoms with Gasteiger partial charge in [-0.3, -0.25) is 4.79 Å². The van der Waals surface area contributed by atoms with Crippen LogP contribution in [0.2, 0.25) is 0 Å². The molecule has 0 aliphatic rings. The molecule has 3 rings (SSSR count). The topological polar surface area (TPSA) is 68.5 Å². The van der Waals surface area contributed by atoms with Gasteiger partial charge in [-0.1, -0.05) is 42.4 Å². The van der Waals surface area contributed by atoms with Crippen molar-refractivity contribution in [1.29, 1.82) is 0 Å². The van der Waals surface area contributed by atoms with Crippen LogP contribution in [-0.2, 0) is 16.4 Å². The summed E-state index contributed by atoms with van der Waals surface area (Å²) in [7, 11) is -3.39. The van der Waals surface area contributed by atoms with Crippen LogP contribution >= 0.6 is 11.3 Å². The zero-order chi connectivity index (χ0) is 18.7. The first-order valence-corrected chi connectivity index (χ1v) is 10.4. The van der Waals surface area contributed by atoms with Gasteiger partial charge in [0.2, 0.25) is 0 Å². The van der Waals surface area contributed by atoms with Gasteiger partial charge in [0, 0.05) is 5.56 Å². The molecule has 0 bridgehead atoms. The third-order valence-electron chi connectivity index (χ3n) is 3.85. The Kier molecular flexibility index (Phi) is 5.07. The molecular formula is C19H16N2O3S2. The van der Waals surface area contributed by atoms with E-state index in [1.54, 1.807) is 23.6 Å². The predicted octanol–water partition coefficient (Wildman–Crippen LogP) is 2.87. The molecule has 0 radical (unpaired) electrons. The fourth-order valence-corrected chi connectivity index (χ4v) is 4.44. The van der Waals surface area contributed by atoms with E-state index in [4.69, 9.17) is 6.42 Å². The second kappa shape index (κ2) is 7.28. The summed E-state index contributed by atoms with van der Waals surface area (Å²) in [6.45, 7) is 1.86. The molecule has 2 aromatic carbocycles. The Morgan fingerprint density at radius 2 is 2.00 bits per heavy atom. The van der Waals surface area contributed by atoms with E-state index in [1.807, 2.05) is 24.3 Å². The Morgan fingerprint density at radius 3 is 2.73 bits per heavy atom. The lowest BCUT2D eigenvalue weighted by Crippen LogP contribution is -2.16. The van der Waals surface area contributed by atoms with Gasteiger partial charge in [-0.15, -0.1) is 6.42 Å². The molecule has 5 nitrogen and oxygen atoms in total. The molecule has 0 aliphatic heterocycles. The Labute approximate surface area is 155 Å². The molecule has 0 saturated carbocycles. The number of nitrogens with zero attached hydrogens (tertiary/aromatic N) is 2. The highest BCUT2D eigenvalue weighted by Gasteiger charge is 2.14. The third kappa shape index (κ3) is 3.47. The minimum absolute atomic E-state index is 0.0275. The van der Waals surface area contributed by atoms with Gasteiger partial charge >= 0.3 is 0 Å². The van der Waals surface area contributed by atoms with E-state index in [0.29, 0.717) is 11.3 Å². The van der Waals surface area contributed by atoms with Gasteiger partial charge in [-0.05, 0) is 30.3 Å². The van der Waals surface area contributed by atoms with Crippen molar-refractivity contribution in [3.63, 3.8) is 0 Å². The molecule has 7 heteroatoms. The summed E-state index contributed by atoms with van der Waals surface area (Å²) in [5.41, 5.74) is 1.13. The van der Waals surface area contributed by atoms with Crippen LogP contribution in [0.5, 0.6) is 0 Å². The highest BCUT2D eigenvalue weighted by atomic mass is 32.2. The molecule has 0 aliphatic carbocycles. The molecule has 0 spiro atoms. The van der Waals surface area contributed by atoms with Gasteiger partial charge in [-0.25, -0.2) is 8.42 Å². The summed E-state index contributed by atoms with van der Waals surface area (Å²) < 4.78 is 26.8. The molecule has 132 valence electrons. The zero-order valence-corrected chi connectivity index (χ0v) is 15.7. The number of para-hydroxylation sites is 1. The van der Waals surface area contributed by atoms with Crippen LogP contribution in [0.3, 0.4) is 0 Å². The lowest BCUT2D eigenvalue weighted by atomic mass is 10.2. The van der Waals surface area contributed by atoms with Crippen LogP contribution in [0.25, 0.3) is 10.2 Å². The van der Waals surface area contributed by atoms with Crippen molar-refractivity contribution in [3.8, 4) is 12.3 Å². The number of amides is 1. The van der Waals surface area contributed by atoms with Crippen LogP contribution in [0, 0.1) is 12.3 Å². The molecule has 0 N–H and O–H groups in total. The van der Waals surface area contributed by atoms with E-state index in [2.05, 4.69) is 10.9 Å². The maximum Gasteiger partial charge on any atom is 0.279 e. The van der Waals surface area contributed by atoms with E-state index in [-0.39, 0.29) is 16.2 Å². The first kappa shape index (κ1) is 18.1. The van der Waals surface area contributed by atoms with Crippen LogP contribution in [0.15, 0.2) is 58.4 Å². The van der Waals surface area contributed by atoms with Crippen LogP contribution in [-0.4, -0.2) is 24.6 Å². The highest BCUT2D eigenvalue weighted by Crippen LogP contribution is 2.17. The number of rotatable bonds is 4. The van der Waals surface area contributed by atoms with Crippen molar-refractivity contribution < 1.29 is 13.2 Å². The van der Waals surface area contributed by atoms with Crippen molar-refractivity contribution in [1.82, 2.24) is 4.57 Å². The molecule has 1 amide bonds. The van der Waals surface area contributed by atoms with Gasteiger partial charge in [0.15, 0.2) is 14.6 Å².